The zero-order chi connectivity index (χ0) is 10.8. The minimum absolute atomic E-state index is 0.717. The van der Waals surface area contributed by atoms with E-state index in [1.165, 1.54) is 22.7 Å². The highest BCUT2D eigenvalue weighted by atomic mass is 35.5. The normalized spacial score (nSPS) is 10.3. The molecule has 2 aromatic rings. The Bertz CT molecular complexity index is 464. The molecule has 79 valence electrons. The van der Waals surface area contributed by atoms with Crippen LogP contribution in [0.3, 0.4) is 0 Å². The fourth-order valence-electron chi connectivity index (χ4n) is 1.07. The van der Waals surface area contributed by atoms with Crippen LogP contribution < -0.4 is 10.6 Å². The zero-order valence-electron chi connectivity index (χ0n) is 7.73. The van der Waals surface area contributed by atoms with Crippen LogP contribution in [0.4, 0.5) is 16.4 Å². The average Bonchev–Trinajstić information content (AvgIpc) is 2.73. The summed E-state index contributed by atoms with van der Waals surface area (Å²) in [6.07, 6.45) is 0. The van der Waals surface area contributed by atoms with Gasteiger partial charge in [-0.2, -0.15) is 0 Å². The summed E-state index contributed by atoms with van der Waals surface area (Å²) in [4.78, 5) is 0. The van der Waals surface area contributed by atoms with Crippen LogP contribution in [-0.4, -0.2) is 7.05 Å². The molecule has 0 unspecified atom stereocenters. The Morgan fingerprint density at radius 3 is 2.67 bits per heavy atom. The second-order valence-corrected chi connectivity index (χ2v) is 5.87. The van der Waals surface area contributed by atoms with Crippen molar-refractivity contribution in [3.63, 3.8) is 0 Å². The first kappa shape index (κ1) is 11.1. The van der Waals surface area contributed by atoms with Gasteiger partial charge in [-0.1, -0.05) is 23.2 Å². The van der Waals surface area contributed by atoms with Crippen molar-refractivity contribution in [2.45, 2.75) is 0 Å². The lowest BCUT2D eigenvalue weighted by Gasteiger charge is -1.97. The molecule has 0 aromatic carbocycles. The topological polar surface area (TPSA) is 24.1 Å². The molecule has 6 heteroatoms. The Hall–Kier alpha value is -0.420. The highest BCUT2D eigenvalue weighted by Gasteiger charge is 2.06. The minimum atomic E-state index is 0.717. The van der Waals surface area contributed by atoms with Gasteiger partial charge in [-0.15, -0.1) is 22.7 Å². The molecule has 0 atom stereocenters. The molecule has 0 saturated heterocycles. The molecule has 2 heterocycles. The Kier molecular flexibility index (Phi) is 3.41. The standard InChI is InChI=1S/C9H7Cl2N2S2/c1-12-6-3-8(15-9(6)11)13-5-2-7(10)14-4-5/h2-3,12-13H,1H3. The molecule has 15 heavy (non-hydrogen) atoms. The number of anilines is 3. The van der Waals surface area contributed by atoms with Crippen molar-refractivity contribution in [1.82, 2.24) is 0 Å². The summed E-state index contributed by atoms with van der Waals surface area (Å²) < 4.78 is 1.45. The van der Waals surface area contributed by atoms with E-state index >= 15 is 0 Å². The smallest absolute Gasteiger partial charge is 0.118 e. The van der Waals surface area contributed by atoms with Crippen molar-refractivity contribution >= 4 is 62.3 Å². The third-order valence-corrected chi connectivity index (χ3v) is 3.98. The Morgan fingerprint density at radius 1 is 1.33 bits per heavy atom. The van der Waals surface area contributed by atoms with E-state index in [-0.39, 0.29) is 0 Å². The lowest BCUT2D eigenvalue weighted by molar-refractivity contribution is 1.55. The van der Waals surface area contributed by atoms with Crippen LogP contribution in [0.2, 0.25) is 8.67 Å². The highest BCUT2D eigenvalue weighted by Crippen LogP contribution is 2.37. The van der Waals surface area contributed by atoms with E-state index in [9.17, 15) is 0 Å². The molecule has 2 nitrogen and oxygen atoms in total. The second kappa shape index (κ2) is 4.61. The molecule has 2 aromatic heterocycles. The van der Waals surface area contributed by atoms with Crippen LogP contribution in [-0.2, 0) is 0 Å². The molecule has 0 amide bonds. The molecule has 1 radical (unpaired) electrons. The van der Waals surface area contributed by atoms with Crippen molar-refractivity contribution in [3.8, 4) is 0 Å². The number of halogens is 2. The molecule has 0 aliphatic carbocycles. The summed E-state index contributed by atoms with van der Waals surface area (Å²) in [7, 11) is 1.84. The number of hydrogen-bond acceptors (Lipinski definition) is 4. The quantitative estimate of drug-likeness (QED) is 0.850. The Labute approximate surface area is 106 Å². The third-order valence-electron chi connectivity index (χ3n) is 1.73. The maximum absolute atomic E-state index is 6.00. The summed E-state index contributed by atoms with van der Waals surface area (Å²) in [6, 6.07) is 3.78. The van der Waals surface area contributed by atoms with E-state index in [4.69, 9.17) is 23.2 Å². The average molecular weight is 278 g/mol. The molecule has 0 spiro atoms. The summed E-state index contributed by atoms with van der Waals surface area (Å²) in [5, 5.41) is 10.2. The maximum atomic E-state index is 6.00. The van der Waals surface area contributed by atoms with E-state index in [0.717, 1.165) is 20.7 Å². The summed E-state index contributed by atoms with van der Waals surface area (Å²) in [5.74, 6) is 0. The zero-order valence-corrected chi connectivity index (χ0v) is 10.9. The van der Waals surface area contributed by atoms with Crippen molar-refractivity contribution in [3.05, 3.63) is 26.2 Å². The first-order valence-electron chi connectivity index (χ1n) is 4.10. The van der Waals surface area contributed by atoms with Crippen LogP contribution in [0.5, 0.6) is 0 Å². The van der Waals surface area contributed by atoms with Crippen molar-refractivity contribution < 1.29 is 0 Å². The molecular weight excluding hydrogens is 271 g/mol. The maximum Gasteiger partial charge on any atom is 0.118 e. The Morgan fingerprint density at radius 2 is 2.13 bits per heavy atom. The summed E-state index contributed by atoms with van der Waals surface area (Å²) in [5.41, 5.74) is 1.79. The number of thiophene rings is 2. The van der Waals surface area contributed by atoms with E-state index in [0.29, 0.717) is 4.34 Å². The van der Waals surface area contributed by atoms with Gasteiger partial charge in [-0.3, -0.25) is 0 Å². The van der Waals surface area contributed by atoms with Crippen molar-refractivity contribution in [2.24, 2.45) is 0 Å². The van der Waals surface area contributed by atoms with Gasteiger partial charge >= 0.3 is 0 Å². The summed E-state index contributed by atoms with van der Waals surface area (Å²) in [6.45, 7) is 0. The van der Waals surface area contributed by atoms with E-state index < -0.39 is 0 Å². The van der Waals surface area contributed by atoms with Gasteiger partial charge in [0.05, 0.1) is 26.1 Å². The highest BCUT2D eigenvalue weighted by molar-refractivity contribution is 7.20. The van der Waals surface area contributed by atoms with Crippen LogP contribution in [0.1, 0.15) is 0 Å². The van der Waals surface area contributed by atoms with Gasteiger partial charge in [-0.05, 0) is 12.1 Å². The van der Waals surface area contributed by atoms with E-state index in [1.54, 1.807) is 0 Å². The van der Waals surface area contributed by atoms with Gasteiger partial charge in [0.2, 0.25) is 0 Å². The number of nitrogens with one attached hydrogen (secondary N) is 2. The first-order chi connectivity index (χ1) is 7.19. The molecule has 2 rings (SSSR count). The van der Waals surface area contributed by atoms with Gasteiger partial charge < -0.3 is 10.6 Å². The second-order valence-electron chi connectivity index (χ2n) is 2.74. The van der Waals surface area contributed by atoms with Crippen molar-refractivity contribution in [2.75, 3.05) is 17.7 Å². The molecule has 0 bridgehead atoms. The molecule has 0 aliphatic rings. The molecular formula is C9H7Cl2N2S2. The lowest BCUT2D eigenvalue weighted by atomic mass is 10.5. The Balaban J connectivity index is 2.17. The number of hydrogen-bond donors (Lipinski definition) is 2. The molecule has 0 fully saturated rings. The molecule has 0 saturated carbocycles. The fraction of sp³-hybridized carbons (Fsp3) is 0.111. The van der Waals surface area contributed by atoms with E-state index in [2.05, 4.69) is 16.0 Å². The van der Waals surface area contributed by atoms with Crippen LogP contribution in [0, 0.1) is 5.38 Å². The van der Waals surface area contributed by atoms with E-state index in [1.807, 2.05) is 19.2 Å². The fourth-order valence-corrected chi connectivity index (χ4v) is 2.99. The van der Waals surface area contributed by atoms with Crippen LogP contribution in [0.15, 0.2) is 12.1 Å². The van der Waals surface area contributed by atoms with Gasteiger partial charge in [0.15, 0.2) is 0 Å². The minimum Gasteiger partial charge on any atom is -0.386 e. The van der Waals surface area contributed by atoms with Gasteiger partial charge in [0.1, 0.15) is 4.34 Å². The first-order valence-corrected chi connectivity index (χ1v) is 6.49. The predicted molar refractivity (Wildman–Crippen MR) is 70.3 cm³/mol. The van der Waals surface area contributed by atoms with Gasteiger partial charge in [0, 0.05) is 7.05 Å². The predicted octanol–water partition coefficient (Wildman–Crippen LogP) is 4.70. The monoisotopic (exact) mass is 277 g/mol. The third kappa shape index (κ3) is 2.58. The molecule has 2 N–H and O–H groups in total. The largest absolute Gasteiger partial charge is 0.386 e. The van der Waals surface area contributed by atoms with Gasteiger partial charge in [-0.25, -0.2) is 0 Å². The number of rotatable bonds is 3. The van der Waals surface area contributed by atoms with Gasteiger partial charge in [0.25, 0.3) is 0 Å². The lowest BCUT2D eigenvalue weighted by Crippen LogP contribution is -1.85. The van der Waals surface area contributed by atoms with Crippen LogP contribution in [0.25, 0.3) is 0 Å². The van der Waals surface area contributed by atoms with Crippen molar-refractivity contribution in [1.29, 1.82) is 0 Å². The molecule has 0 aliphatic heterocycles. The summed E-state index contributed by atoms with van der Waals surface area (Å²) >= 11 is 14.7. The SMILES string of the molecule is CNc1cc(Nc2[c]sc(Cl)c2)sc1Cl. The van der Waals surface area contributed by atoms with Crippen LogP contribution >= 0.6 is 45.9 Å².